The molecule has 2 rings (SSSR count). The molecule has 94 valence electrons. The van der Waals surface area contributed by atoms with Crippen LogP contribution in [0, 0.1) is 0 Å². The van der Waals surface area contributed by atoms with Crippen molar-refractivity contribution >= 4 is 5.97 Å². The molecule has 0 atom stereocenters. The van der Waals surface area contributed by atoms with E-state index in [2.05, 4.69) is 16.4 Å². The Kier molecular flexibility index (Phi) is 4.45. The Balaban J connectivity index is 0.000000185. The van der Waals surface area contributed by atoms with Gasteiger partial charge in [0.05, 0.1) is 6.54 Å². The van der Waals surface area contributed by atoms with Crippen LogP contribution in [0.25, 0.3) is 0 Å². The minimum atomic E-state index is -5.19. The molecule has 0 unspecified atom stereocenters. The molecule has 0 bridgehead atoms. The van der Waals surface area contributed by atoms with Gasteiger partial charge in [0.15, 0.2) is 0 Å². The molecule has 17 heavy (non-hydrogen) atoms. The fourth-order valence-corrected chi connectivity index (χ4v) is 1.40. The lowest BCUT2D eigenvalue weighted by Gasteiger charge is -2.12. The van der Waals surface area contributed by atoms with E-state index < -0.39 is 12.1 Å². The third-order valence-electron chi connectivity index (χ3n) is 2.22. The molecule has 0 saturated heterocycles. The molecule has 0 spiro atoms. The largest absolute Gasteiger partial charge is 0.542 e. The zero-order valence-corrected chi connectivity index (χ0v) is 8.83. The summed E-state index contributed by atoms with van der Waals surface area (Å²) in [7, 11) is 0. The van der Waals surface area contributed by atoms with Gasteiger partial charge in [-0.25, -0.2) is 0 Å². The molecule has 0 aliphatic carbocycles. The molecule has 0 radical (unpaired) electrons. The third kappa shape index (κ3) is 4.39. The standard InChI is InChI=1S/C8H10N2.C2HF3O2/c1-3-9-5-8-6-10-4-2-7(1)8;3-2(4,5)1(6)7/h1,3,5,10H,2,4,6H2;(H,6,7). The second-order valence-corrected chi connectivity index (χ2v) is 3.46. The van der Waals surface area contributed by atoms with Crippen LogP contribution in [0.3, 0.4) is 0 Å². The molecule has 7 heteroatoms. The second kappa shape index (κ2) is 5.62. The van der Waals surface area contributed by atoms with Crippen molar-refractivity contribution in [1.82, 2.24) is 4.98 Å². The van der Waals surface area contributed by atoms with Crippen LogP contribution in [0.2, 0.25) is 0 Å². The van der Waals surface area contributed by atoms with Gasteiger partial charge in [0.25, 0.3) is 0 Å². The Morgan fingerprint density at radius 2 is 2.06 bits per heavy atom. The molecule has 0 aromatic carbocycles. The smallest absolute Gasteiger partial charge is 0.430 e. The number of nitrogens with two attached hydrogens (primary N) is 1. The number of hydrogen-bond acceptors (Lipinski definition) is 3. The van der Waals surface area contributed by atoms with E-state index >= 15 is 0 Å². The number of quaternary nitrogens is 1. The van der Waals surface area contributed by atoms with Crippen LogP contribution in [-0.4, -0.2) is 23.7 Å². The predicted molar refractivity (Wildman–Crippen MR) is 49.5 cm³/mol. The summed E-state index contributed by atoms with van der Waals surface area (Å²) in [5, 5.41) is 11.1. The van der Waals surface area contributed by atoms with E-state index in [1.165, 1.54) is 24.1 Å². The molecule has 1 aromatic heterocycles. The first-order chi connectivity index (χ1) is 7.91. The van der Waals surface area contributed by atoms with E-state index in [0.717, 1.165) is 6.54 Å². The van der Waals surface area contributed by atoms with E-state index in [0.29, 0.717) is 0 Å². The van der Waals surface area contributed by atoms with Crippen molar-refractivity contribution in [3.63, 3.8) is 0 Å². The Labute approximate surface area is 95.5 Å². The highest BCUT2D eigenvalue weighted by molar-refractivity contribution is 5.70. The lowest BCUT2D eigenvalue weighted by Crippen LogP contribution is -2.84. The van der Waals surface area contributed by atoms with Gasteiger partial charge in [0.1, 0.15) is 12.5 Å². The van der Waals surface area contributed by atoms with Gasteiger partial charge < -0.3 is 15.2 Å². The summed E-state index contributed by atoms with van der Waals surface area (Å²) in [6, 6.07) is 2.13. The number of rotatable bonds is 0. The number of hydrogen-bond donors (Lipinski definition) is 1. The summed E-state index contributed by atoms with van der Waals surface area (Å²) in [5.74, 6) is -3.01. The van der Waals surface area contributed by atoms with Crippen LogP contribution in [0.15, 0.2) is 18.5 Å². The van der Waals surface area contributed by atoms with Crippen LogP contribution < -0.4 is 10.4 Å². The molecule has 4 nitrogen and oxygen atoms in total. The summed E-state index contributed by atoms with van der Waals surface area (Å²) in [6.45, 7) is 2.35. The van der Waals surface area contributed by atoms with E-state index in [4.69, 9.17) is 9.90 Å². The summed E-state index contributed by atoms with van der Waals surface area (Å²) in [4.78, 5) is 12.9. The minimum absolute atomic E-state index is 1.11. The van der Waals surface area contributed by atoms with Gasteiger partial charge in [-0.15, -0.1) is 0 Å². The highest BCUT2D eigenvalue weighted by Crippen LogP contribution is 2.11. The number of nitrogens with zero attached hydrogens (tertiary/aromatic N) is 1. The Hall–Kier alpha value is -1.63. The highest BCUT2D eigenvalue weighted by atomic mass is 19.4. The van der Waals surface area contributed by atoms with E-state index in [1.807, 2.05) is 12.4 Å². The lowest BCUT2D eigenvalue weighted by atomic mass is 10.0. The first kappa shape index (κ1) is 13.4. The zero-order valence-electron chi connectivity index (χ0n) is 8.83. The van der Waals surface area contributed by atoms with Crippen LogP contribution >= 0.6 is 0 Å². The predicted octanol–water partition coefficient (Wildman–Crippen LogP) is -1.00. The first-order valence-corrected chi connectivity index (χ1v) is 4.93. The Morgan fingerprint density at radius 1 is 1.41 bits per heavy atom. The topological polar surface area (TPSA) is 69.6 Å². The maximum atomic E-state index is 10.5. The molecule has 2 N–H and O–H groups in total. The number of carboxylic acids is 1. The fraction of sp³-hybridized carbons (Fsp3) is 0.400. The van der Waals surface area contributed by atoms with Gasteiger partial charge in [0, 0.05) is 24.4 Å². The van der Waals surface area contributed by atoms with E-state index in [9.17, 15) is 13.2 Å². The van der Waals surface area contributed by atoms with Crippen molar-refractivity contribution in [3.05, 3.63) is 29.6 Å². The quantitative estimate of drug-likeness (QED) is 0.640. The SMILES string of the molecule is O=C([O-])C(F)(F)F.c1cc2c(cn1)C[NH2+]CC2. The maximum Gasteiger partial charge on any atom is 0.430 e. The number of aliphatic carboxylic acids is 1. The van der Waals surface area contributed by atoms with Crippen molar-refractivity contribution in [2.24, 2.45) is 0 Å². The number of halogens is 3. The van der Waals surface area contributed by atoms with E-state index in [1.54, 1.807) is 0 Å². The van der Waals surface area contributed by atoms with Crippen molar-refractivity contribution in [1.29, 1.82) is 0 Å². The van der Waals surface area contributed by atoms with Crippen LogP contribution in [0.1, 0.15) is 11.1 Å². The number of carboxylic acid groups (broad SMARTS) is 1. The number of alkyl halides is 3. The summed E-state index contributed by atoms with van der Waals surface area (Å²) >= 11 is 0. The normalized spacial score (nSPS) is 14.3. The van der Waals surface area contributed by atoms with Gasteiger partial charge >= 0.3 is 6.18 Å². The monoisotopic (exact) mass is 248 g/mol. The van der Waals surface area contributed by atoms with Crippen LogP contribution in [0.5, 0.6) is 0 Å². The fourth-order valence-electron chi connectivity index (χ4n) is 1.40. The molecule has 0 amide bonds. The average Bonchev–Trinajstić information content (AvgIpc) is 2.29. The summed E-state index contributed by atoms with van der Waals surface area (Å²) in [6.07, 6.45) is -0.132. The number of pyridine rings is 1. The van der Waals surface area contributed by atoms with Crippen molar-refractivity contribution in [3.8, 4) is 0 Å². The second-order valence-electron chi connectivity index (χ2n) is 3.46. The van der Waals surface area contributed by atoms with Gasteiger partial charge in [0.2, 0.25) is 0 Å². The molecule has 1 aromatic rings. The molecule has 2 heterocycles. The minimum Gasteiger partial charge on any atom is -0.542 e. The Morgan fingerprint density at radius 3 is 2.59 bits per heavy atom. The number of aromatic nitrogens is 1. The average molecular weight is 248 g/mol. The van der Waals surface area contributed by atoms with Crippen molar-refractivity contribution in [2.45, 2.75) is 19.1 Å². The molecule has 1 aliphatic rings. The van der Waals surface area contributed by atoms with Gasteiger partial charge in [-0.1, -0.05) is 0 Å². The Bertz CT molecular complexity index is 368. The number of fused-ring (bicyclic) bond motifs is 1. The lowest BCUT2D eigenvalue weighted by molar-refractivity contribution is -0.673. The van der Waals surface area contributed by atoms with Gasteiger partial charge in [-0.2, -0.15) is 13.2 Å². The third-order valence-corrected chi connectivity index (χ3v) is 2.22. The van der Waals surface area contributed by atoms with Crippen molar-refractivity contribution in [2.75, 3.05) is 6.54 Å². The molecular weight excluding hydrogens is 237 g/mol. The highest BCUT2D eigenvalue weighted by Gasteiger charge is 2.28. The summed E-state index contributed by atoms with van der Waals surface area (Å²) < 4.78 is 31.5. The van der Waals surface area contributed by atoms with E-state index in [-0.39, 0.29) is 0 Å². The number of carbonyl (C=O) groups is 1. The zero-order chi connectivity index (χ0) is 12.9. The van der Waals surface area contributed by atoms with Crippen LogP contribution in [-0.2, 0) is 17.8 Å². The van der Waals surface area contributed by atoms with Gasteiger partial charge in [-0.3, -0.25) is 4.98 Å². The van der Waals surface area contributed by atoms with Crippen molar-refractivity contribution < 1.29 is 28.4 Å². The van der Waals surface area contributed by atoms with Gasteiger partial charge in [-0.05, 0) is 11.6 Å². The maximum absolute atomic E-state index is 10.5. The summed E-state index contributed by atoms with van der Waals surface area (Å²) in [5.41, 5.74) is 2.89. The molecule has 1 aliphatic heterocycles. The van der Waals surface area contributed by atoms with Crippen LogP contribution in [0.4, 0.5) is 13.2 Å². The number of carbonyl (C=O) groups excluding carboxylic acids is 1. The first-order valence-electron chi connectivity index (χ1n) is 4.93. The molecule has 0 saturated carbocycles. The molecule has 0 fully saturated rings. The molecular formula is C10H11F3N2O2.